The van der Waals surface area contributed by atoms with E-state index in [1.54, 1.807) is 6.92 Å². The van der Waals surface area contributed by atoms with Crippen molar-refractivity contribution in [3.8, 4) is 0 Å². The third-order valence-electron chi connectivity index (χ3n) is 1.61. The monoisotopic (exact) mass is 214 g/mol. The summed E-state index contributed by atoms with van der Waals surface area (Å²) < 4.78 is 5.17. The van der Waals surface area contributed by atoms with Gasteiger partial charge in [-0.05, 0) is 29.9 Å². The van der Waals surface area contributed by atoms with Gasteiger partial charge in [-0.2, -0.15) is 0 Å². The predicted molar refractivity (Wildman–Crippen MR) is 59.4 cm³/mol. The Hall–Kier alpha value is -0.600. The van der Waals surface area contributed by atoms with Gasteiger partial charge < -0.3 is 4.74 Å². The molecule has 0 saturated carbocycles. The van der Waals surface area contributed by atoms with Crippen LogP contribution in [-0.2, 0) is 11.2 Å². The number of rotatable bonds is 3. The molecular formula is C10H11ClOS. The van der Waals surface area contributed by atoms with Gasteiger partial charge in [0.1, 0.15) is 0 Å². The quantitative estimate of drug-likeness (QED) is 0.715. The van der Waals surface area contributed by atoms with E-state index in [2.05, 4.69) is 0 Å². The highest BCUT2D eigenvalue weighted by atomic mass is 35.5. The maximum absolute atomic E-state index is 5.74. The van der Waals surface area contributed by atoms with Gasteiger partial charge in [-0.25, -0.2) is 0 Å². The molecule has 0 aliphatic carbocycles. The van der Waals surface area contributed by atoms with E-state index in [0.717, 1.165) is 11.4 Å². The summed E-state index contributed by atoms with van der Waals surface area (Å²) in [5.74, 6) is 0. The number of hydrogen-bond donors (Lipinski definition) is 0. The topological polar surface area (TPSA) is 9.23 Å². The average Bonchev–Trinajstić information content (AvgIpc) is 2.08. The summed E-state index contributed by atoms with van der Waals surface area (Å²) in [5.41, 5.74) is 1.21. The van der Waals surface area contributed by atoms with Gasteiger partial charge in [0.15, 0.2) is 5.05 Å². The molecule has 0 N–H and O–H groups in total. The summed E-state index contributed by atoms with van der Waals surface area (Å²) in [6.45, 7) is 2.41. The van der Waals surface area contributed by atoms with Gasteiger partial charge in [-0.3, -0.25) is 0 Å². The van der Waals surface area contributed by atoms with Gasteiger partial charge in [-0.1, -0.05) is 23.7 Å². The van der Waals surface area contributed by atoms with Crippen molar-refractivity contribution in [3.05, 3.63) is 34.9 Å². The van der Waals surface area contributed by atoms with E-state index in [-0.39, 0.29) is 0 Å². The molecule has 70 valence electrons. The lowest BCUT2D eigenvalue weighted by Gasteiger charge is -2.03. The molecule has 0 amide bonds. The molecule has 0 spiro atoms. The summed E-state index contributed by atoms with van der Waals surface area (Å²) in [4.78, 5) is 0. The highest BCUT2D eigenvalue weighted by molar-refractivity contribution is 7.80. The zero-order chi connectivity index (χ0) is 9.68. The van der Waals surface area contributed by atoms with Gasteiger partial charge in [0.2, 0.25) is 0 Å². The minimum atomic E-state index is 0.592. The summed E-state index contributed by atoms with van der Waals surface area (Å²) >= 11 is 10.5. The molecule has 0 unspecified atom stereocenters. The van der Waals surface area contributed by atoms with Crippen LogP contribution in [0.3, 0.4) is 0 Å². The predicted octanol–water partition coefficient (Wildman–Crippen LogP) is 3.25. The Morgan fingerprint density at radius 1 is 1.38 bits per heavy atom. The van der Waals surface area contributed by atoms with E-state index in [1.165, 1.54) is 5.56 Å². The lowest BCUT2D eigenvalue weighted by atomic mass is 10.2. The molecule has 1 aromatic carbocycles. The van der Waals surface area contributed by atoms with Crippen LogP contribution >= 0.6 is 23.8 Å². The maximum Gasteiger partial charge on any atom is 0.156 e. The van der Waals surface area contributed by atoms with E-state index < -0.39 is 0 Å². The normalized spacial score (nSPS) is 9.69. The largest absolute Gasteiger partial charge is 0.487 e. The highest BCUT2D eigenvalue weighted by Gasteiger charge is 1.94. The van der Waals surface area contributed by atoms with Crippen LogP contribution in [0.15, 0.2) is 24.3 Å². The Morgan fingerprint density at radius 3 is 2.54 bits per heavy atom. The summed E-state index contributed by atoms with van der Waals surface area (Å²) in [5, 5.41) is 1.35. The fraction of sp³-hybridized carbons (Fsp3) is 0.300. The first-order valence-electron chi connectivity index (χ1n) is 4.06. The second-order valence-electron chi connectivity index (χ2n) is 2.72. The van der Waals surface area contributed by atoms with Gasteiger partial charge >= 0.3 is 0 Å². The Kier molecular flexibility index (Phi) is 4.19. The molecule has 1 aromatic rings. The van der Waals surface area contributed by atoms with E-state index in [0.29, 0.717) is 11.7 Å². The molecular weight excluding hydrogens is 204 g/mol. The molecule has 0 fully saturated rings. The highest BCUT2D eigenvalue weighted by Crippen LogP contribution is 2.09. The zero-order valence-electron chi connectivity index (χ0n) is 7.42. The Bertz CT molecular complexity index is 281. The first-order chi connectivity index (χ1) is 6.18. The van der Waals surface area contributed by atoms with Gasteiger partial charge in [0.25, 0.3) is 0 Å². The van der Waals surface area contributed by atoms with Gasteiger partial charge in [0, 0.05) is 18.4 Å². The van der Waals surface area contributed by atoms with Crippen LogP contribution in [0.2, 0.25) is 5.02 Å². The number of thiocarbonyl (C=S) groups is 1. The molecule has 1 nitrogen and oxygen atoms in total. The lowest BCUT2D eigenvalue weighted by Crippen LogP contribution is -2.01. The minimum absolute atomic E-state index is 0.592. The number of halogens is 1. The van der Waals surface area contributed by atoms with E-state index in [1.807, 2.05) is 24.3 Å². The zero-order valence-corrected chi connectivity index (χ0v) is 8.99. The number of hydrogen-bond acceptors (Lipinski definition) is 2. The third-order valence-corrected chi connectivity index (χ3v) is 1.98. The molecule has 0 bridgehead atoms. The second-order valence-corrected chi connectivity index (χ2v) is 3.73. The third kappa shape index (κ3) is 4.25. The number of ether oxygens (including phenoxy) is 1. The van der Waals surface area contributed by atoms with Crippen molar-refractivity contribution < 1.29 is 4.74 Å². The van der Waals surface area contributed by atoms with Crippen molar-refractivity contribution in [2.45, 2.75) is 13.3 Å². The fourth-order valence-corrected chi connectivity index (χ4v) is 1.17. The molecule has 3 heteroatoms. The van der Waals surface area contributed by atoms with Crippen molar-refractivity contribution >= 4 is 28.9 Å². The molecule has 0 aromatic heterocycles. The second kappa shape index (κ2) is 5.20. The van der Waals surface area contributed by atoms with Crippen LogP contribution in [0.4, 0.5) is 0 Å². The summed E-state index contributed by atoms with van der Waals surface area (Å²) in [6, 6.07) is 7.73. The lowest BCUT2D eigenvalue weighted by molar-refractivity contribution is 0.315. The Morgan fingerprint density at radius 2 is 2.00 bits per heavy atom. The molecule has 0 radical (unpaired) electrons. The van der Waals surface area contributed by atoms with Gasteiger partial charge in [-0.15, -0.1) is 0 Å². The number of benzene rings is 1. The van der Waals surface area contributed by atoms with Crippen LogP contribution in [0.5, 0.6) is 0 Å². The first-order valence-corrected chi connectivity index (χ1v) is 4.85. The minimum Gasteiger partial charge on any atom is -0.487 e. The van der Waals surface area contributed by atoms with Crippen molar-refractivity contribution in [1.82, 2.24) is 0 Å². The SMILES string of the molecule is CC(=S)OCCc1ccc(Cl)cc1. The van der Waals surface area contributed by atoms with Gasteiger partial charge in [0.05, 0.1) is 6.61 Å². The molecule has 0 saturated heterocycles. The van der Waals surface area contributed by atoms with Crippen LogP contribution < -0.4 is 0 Å². The Labute approximate surface area is 88.7 Å². The molecule has 0 aliphatic heterocycles. The van der Waals surface area contributed by atoms with E-state index in [9.17, 15) is 0 Å². The molecule has 0 atom stereocenters. The molecule has 0 heterocycles. The van der Waals surface area contributed by atoms with Crippen molar-refractivity contribution in [1.29, 1.82) is 0 Å². The van der Waals surface area contributed by atoms with Crippen LogP contribution in [0.1, 0.15) is 12.5 Å². The van der Waals surface area contributed by atoms with Crippen molar-refractivity contribution in [3.63, 3.8) is 0 Å². The van der Waals surface area contributed by atoms with Crippen molar-refractivity contribution in [2.24, 2.45) is 0 Å². The molecule has 13 heavy (non-hydrogen) atoms. The van der Waals surface area contributed by atoms with E-state index >= 15 is 0 Å². The standard InChI is InChI=1S/C10H11ClOS/c1-8(13)12-7-6-9-2-4-10(11)5-3-9/h2-5H,6-7H2,1H3. The average molecular weight is 215 g/mol. The van der Waals surface area contributed by atoms with Crippen LogP contribution in [-0.4, -0.2) is 11.7 Å². The van der Waals surface area contributed by atoms with Crippen molar-refractivity contribution in [2.75, 3.05) is 6.61 Å². The maximum atomic E-state index is 5.74. The fourth-order valence-electron chi connectivity index (χ4n) is 0.964. The van der Waals surface area contributed by atoms with Crippen LogP contribution in [0, 0.1) is 0 Å². The van der Waals surface area contributed by atoms with Crippen LogP contribution in [0.25, 0.3) is 0 Å². The van der Waals surface area contributed by atoms with E-state index in [4.69, 9.17) is 28.6 Å². The molecule has 0 aliphatic rings. The summed E-state index contributed by atoms with van der Waals surface area (Å²) in [7, 11) is 0. The summed E-state index contributed by atoms with van der Waals surface area (Å²) in [6.07, 6.45) is 0.866. The molecule has 1 rings (SSSR count). The smallest absolute Gasteiger partial charge is 0.156 e. The Balaban J connectivity index is 2.37. The first kappa shape index (κ1) is 10.5.